The molecule has 158 valence electrons. The Bertz CT molecular complexity index is 945. The van der Waals surface area contributed by atoms with Crippen LogP contribution in [0.1, 0.15) is 29.7 Å². The summed E-state index contributed by atoms with van der Waals surface area (Å²) in [6.45, 7) is 1.94. The normalized spacial score (nSPS) is 13.0. The van der Waals surface area contributed by atoms with Crippen molar-refractivity contribution in [2.75, 3.05) is 13.6 Å². The second kappa shape index (κ2) is 9.27. The van der Waals surface area contributed by atoms with Gasteiger partial charge in [-0.2, -0.15) is 13.2 Å². The van der Waals surface area contributed by atoms with Gasteiger partial charge in [0.15, 0.2) is 0 Å². The van der Waals surface area contributed by atoms with Gasteiger partial charge in [-0.1, -0.05) is 24.3 Å². The molecule has 0 bridgehead atoms. The monoisotopic (exact) mass is 429 g/mol. The van der Waals surface area contributed by atoms with Crippen LogP contribution in [-0.4, -0.2) is 28.0 Å². The number of carbonyl (C=O) groups is 1. The Hall–Kier alpha value is -2.59. The summed E-state index contributed by atoms with van der Waals surface area (Å²) >= 11 is 0. The predicted molar refractivity (Wildman–Crippen MR) is 103 cm³/mol. The van der Waals surface area contributed by atoms with Crippen molar-refractivity contribution in [3.05, 3.63) is 65.2 Å². The van der Waals surface area contributed by atoms with Crippen molar-refractivity contribution in [3.8, 4) is 0 Å². The highest BCUT2D eigenvalue weighted by Gasteiger charge is 2.29. The number of rotatable bonds is 7. The van der Waals surface area contributed by atoms with Crippen LogP contribution in [-0.2, 0) is 22.6 Å². The fourth-order valence-corrected chi connectivity index (χ4v) is 3.37. The standard InChI is InChI=1S/C19H22F3N3O3S/c1-13(15-4-3-5-17(12-15)29(27,28)23-2)25-18(26)24-11-10-14-6-8-16(9-7-14)19(20,21)22/h3-9,12-13,23H,10-11H2,1-2H3,(H2,24,25,26). The molecule has 0 saturated carbocycles. The first-order chi connectivity index (χ1) is 13.5. The van der Waals surface area contributed by atoms with E-state index in [-0.39, 0.29) is 11.4 Å². The number of carbonyl (C=O) groups excluding carboxylic acids is 1. The highest BCUT2D eigenvalue weighted by Crippen LogP contribution is 2.29. The van der Waals surface area contributed by atoms with Gasteiger partial charge in [0.05, 0.1) is 16.5 Å². The number of benzene rings is 2. The van der Waals surface area contributed by atoms with E-state index in [9.17, 15) is 26.4 Å². The summed E-state index contributed by atoms with van der Waals surface area (Å²) in [5.74, 6) is 0. The number of urea groups is 1. The van der Waals surface area contributed by atoms with Crippen LogP contribution in [0.3, 0.4) is 0 Å². The molecule has 0 aliphatic rings. The Morgan fingerprint density at radius 3 is 2.34 bits per heavy atom. The number of amides is 2. The molecule has 0 aromatic heterocycles. The van der Waals surface area contributed by atoms with Gasteiger partial charge in [0.2, 0.25) is 10.0 Å². The second-order valence-corrected chi connectivity index (χ2v) is 8.23. The minimum absolute atomic E-state index is 0.0915. The summed E-state index contributed by atoms with van der Waals surface area (Å²) in [6, 6.07) is 10.0. The summed E-state index contributed by atoms with van der Waals surface area (Å²) in [6.07, 6.45) is -4.01. The molecule has 29 heavy (non-hydrogen) atoms. The Morgan fingerprint density at radius 1 is 1.10 bits per heavy atom. The largest absolute Gasteiger partial charge is 0.416 e. The quantitative estimate of drug-likeness (QED) is 0.632. The molecule has 0 spiro atoms. The van der Waals surface area contributed by atoms with E-state index in [1.165, 1.54) is 31.3 Å². The van der Waals surface area contributed by atoms with E-state index in [1.807, 2.05) is 0 Å². The maximum absolute atomic E-state index is 12.5. The molecule has 1 unspecified atom stereocenters. The molecule has 2 aromatic carbocycles. The van der Waals surface area contributed by atoms with Crippen molar-refractivity contribution >= 4 is 16.1 Å². The SMILES string of the molecule is CNS(=O)(=O)c1cccc(C(C)NC(=O)NCCc2ccc(C(F)(F)F)cc2)c1. The fourth-order valence-electron chi connectivity index (χ4n) is 2.58. The summed E-state index contributed by atoms with van der Waals surface area (Å²) in [5, 5.41) is 5.32. The average molecular weight is 429 g/mol. The van der Waals surface area contributed by atoms with Gasteiger partial charge in [-0.3, -0.25) is 0 Å². The molecule has 2 aromatic rings. The molecular formula is C19H22F3N3O3S. The van der Waals surface area contributed by atoms with Gasteiger partial charge in [0.25, 0.3) is 0 Å². The van der Waals surface area contributed by atoms with E-state index >= 15 is 0 Å². The molecule has 0 fully saturated rings. The minimum Gasteiger partial charge on any atom is -0.338 e. The van der Waals surface area contributed by atoms with Crippen LogP contribution in [0.4, 0.5) is 18.0 Å². The van der Waals surface area contributed by atoms with Crippen LogP contribution in [0.2, 0.25) is 0 Å². The van der Waals surface area contributed by atoms with E-state index in [0.29, 0.717) is 17.5 Å². The van der Waals surface area contributed by atoms with Crippen molar-refractivity contribution in [3.63, 3.8) is 0 Å². The van der Waals surface area contributed by atoms with E-state index in [0.717, 1.165) is 12.1 Å². The molecule has 0 aliphatic carbocycles. The van der Waals surface area contributed by atoms with Gasteiger partial charge in [-0.05, 0) is 55.8 Å². The molecular weight excluding hydrogens is 407 g/mol. The molecule has 0 heterocycles. The van der Waals surface area contributed by atoms with E-state index in [4.69, 9.17) is 0 Å². The lowest BCUT2D eigenvalue weighted by molar-refractivity contribution is -0.137. The third-order valence-corrected chi connectivity index (χ3v) is 5.68. The summed E-state index contributed by atoms with van der Waals surface area (Å²) in [4.78, 5) is 12.1. The topological polar surface area (TPSA) is 87.3 Å². The lowest BCUT2D eigenvalue weighted by atomic mass is 10.1. The number of nitrogens with one attached hydrogen (secondary N) is 3. The number of sulfonamides is 1. The van der Waals surface area contributed by atoms with Crippen molar-refractivity contribution in [1.29, 1.82) is 0 Å². The van der Waals surface area contributed by atoms with Gasteiger partial charge in [-0.25, -0.2) is 17.9 Å². The highest BCUT2D eigenvalue weighted by molar-refractivity contribution is 7.89. The molecule has 0 saturated heterocycles. The van der Waals surface area contributed by atoms with Crippen molar-refractivity contribution in [2.24, 2.45) is 0 Å². The Labute approximate surface area is 167 Å². The summed E-state index contributed by atoms with van der Waals surface area (Å²) in [5.41, 5.74) is 0.554. The lowest BCUT2D eigenvalue weighted by Crippen LogP contribution is -2.38. The van der Waals surface area contributed by atoms with Gasteiger partial charge in [0.1, 0.15) is 0 Å². The number of hydrogen-bond acceptors (Lipinski definition) is 3. The number of alkyl halides is 3. The van der Waals surface area contributed by atoms with Crippen LogP contribution in [0.15, 0.2) is 53.4 Å². The molecule has 0 radical (unpaired) electrons. The first kappa shape index (κ1) is 22.7. The first-order valence-corrected chi connectivity index (χ1v) is 10.3. The maximum Gasteiger partial charge on any atom is 0.416 e. The zero-order chi connectivity index (χ0) is 21.7. The molecule has 0 aliphatic heterocycles. The molecule has 2 amide bonds. The molecule has 2 rings (SSSR count). The molecule has 3 N–H and O–H groups in total. The molecule has 6 nitrogen and oxygen atoms in total. The Balaban J connectivity index is 1.87. The van der Waals surface area contributed by atoms with Crippen molar-refractivity contribution in [2.45, 2.75) is 30.5 Å². The summed E-state index contributed by atoms with van der Waals surface area (Å²) in [7, 11) is -2.28. The Morgan fingerprint density at radius 2 is 1.76 bits per heavy atom. The third kappa shape index (κ3) is 6.47. The second-order valence-electron chi connectivity index (χ2n) is 6.35. The minimum atomic E-state index is -4.38. The highest BCUT2D eigenvalue weighted by atomic mass is 32.2. The van der Waals surface area contributed by atoms with Gasteiger partial charge in [0, 0.05) is 6.54 Å². The molecule has 10 heteroatoms. The first-order valence-electron chi connectivity index (χ1n) is 8.77. The third-order valence-electron chi connectivity index (χ3n) is 4.27. The smallest absolute Gasteiger partial charge is 0.338 e. The predicted octanol–water partition coefficient (Wildman–Crippen LogP) is 3.22. The Kier molecular flexibility index (Phi) is 7.26. The van der Waals surface area contributed by atoms with Gasteiger partial charge >= 0.3 is 12.2 Å². The average Bonchev–Trinajstić information content (AvgIpc) is 2.67. The van der Waals surface area contributed by atoms with Crippen molar-refractivity contribution < 1.29 is 26.4 Å². The van der Waals surface area contributed by atoms with Crippen molar-refractivity contribution in [1.82, 2.24) is 15.4 Å². The van der Waals surface area contributed by atoms with E-state index in [2.05, 4.69) is 15.4 Å². The van der Waals surface area contributed by atoms with Crippen LogP contribution < -0.4 is 15.4 Å². The van der Waals surface area contributed by atoms with Crippen LogP contribution in [0, 0.1) is 0 Å². The van der Waals surface area contributed by atoms with Crippen LogP contribution in [0.25, 0.3) is 0 Å². The number of halogens is 3. The fraction of sp³-hybridized carbons (Fsp3) is 0.316. The summed E-state index contributed by atoms with van der Waals surface area (Å²) < 4.78 is 63.6. The number of hydrogen-bond donors (Lipinski definition) is 3. The molecule has 1 atom stereocenters. The zero-order valence-corrected chi connectivity index (χ0v) is 16.7. The van der Waals surface area contributed by atoms with E-state index in [1.54, 1.807) is 19.1 Å². The lowest BCUT2D eigenvalue weighted by Gasteiger charge is -2.16. The van der Waals surface area contributed by atoms with Gasteiger partial charge in [-0.15, -0.1) is 0 Å². The maximum atomic E-state index is 12.5. The van der Waals surface area contributed by atoms with E-state index < -0.39 is 33.8 Å². The zero-order valence-electron chi connectivity index (χ0n) is 15.9. The van der Waals surface area contributed by atoms with Crippen LogP contribution in [0.5, 0.6) is 0 Å². The van der Waals surface area contributed by atoms with Gasteiger partial charge < -0.3 is 10.6 Å². The van der Waals surface area contributed by atoms with Crippen LogP contribution >= 0.6 is 0 Å².